The molecule has 0 amide bonds. The maximum absolute atomic E-state index is 13.6. The monoisotopic (exact) mass is 418 g/mol. The van der Waals surface area contributed by atoms with E-state index in [1.165, 1.54) is 0 Å². The van der Waals surface area contributed by atoms with Crippen LogP contribution in [0.5, 0.6) is 0 Å². The van der Waals surface area contributed by atoms with E-state index in [1.807, 2.05) is 0 Å². The fourth-order valence-corrected chi connectivity index (χ4v) is 4.60. The molecule has 0 N–H and O–H groups in total. The zero-order valence-electron chi connectivity index (χ0n) is 16.8. The van der Waals surface area contributed by atoms with Gasteiger partial charge in [0, 0.05) is 6.61 Å². The standard InChI is InChI=1S/C16H22F6O2.C4H10/c17-15(18,19)14(16(20,21)22,24-13-3-1-2-6-23-13)9-12-8-10-4-5-11(12)7-10;1-4(2)3/h10-13H,1-9H2;4H,1-3H3. The molecule has 4 unspecified atom stereocenters. The molecule has 2 nitrogen and oxygen atoms in total. The smallest absolute Gasteiger partial charge is 0.353 e. The third-order valence-electron chi connectivity index (χ3n) is 5.82. The van der Waals surface area contributed by atoms with E-state index >= 15 is 0 Å². The largest absolute Gasteiger partial charge is 0.426 e. The average molecular weight is 418 g/mol. The number of halogens is 6. The van der Waals surface area contributed by atoms with Gasteiger partial charge >= 0.3 is 12.4 Å². The van der Waals surface area contributed by atoms with Crippen molar-refractivity contribution >= 4 is 0 Å². The number of fused-ring (bicyclic) bond motifs is 2. The van der Waals surface area contributed by atoms with Crippen molar-refractivity contribution in [3.05, 3.63) is 0 Å². The van der Waals surface area contributed by atoms with E-state index < -0.39 is 36.6 Å². The molecule has 8 heteroatoms. The SMILES string of the molecule is CC(C)C.FC(F)(F)C(CC1CC2CCC1C2)(OC1CCCCO1)C(F)(F)F. The number of hydrogen-bond acceptors (Lipinski definition) is 2. The molecule has 3 aliphatic rings. The summed E-state index contributed by atoms with van der Waals surface area (Å²) in [6, 6.07) is 0. The molecular formula is C20H32F6O2. The van der Waals surface area contributed by atoms with E-state index in [4.69, 9.17) is 9.47 Å². The van der Waals surface area contributed by atoms with Crippen molar-refractivity contribution in [2.45, 2.75) is 96.4 Å². The molecule has 2 bridgehead atoms. The second kappa shape index (κ2) is 9.11. The van der Waals surface area contributed by atoms with E-state index in [0.717, 1.165) is 25.2 Å². The summed E-state index contributed by atoms with van der Waals surface area (Å²) in [7, 11) is 0. The van der Waals surface area contributed by atoms with Crippen molar-refractivity contribution in [2.75, 3.05) is 6.61 Å². The third kappa shape index (κ3) is 5.55. The maximum Gasteiger partial charge on any atom is 0.426 e. The van der Waals surface area contributed by atoms with Gasteiger partial charge < -0.3 is 9.47 Å². The van der Waals surface area contributed by atoms with Crippen molar-refractivity contribution in [2.24, 2.45) is 23.7 Å². The van der Waals surface area contributed by atoms with E-state index in [2.05, 4.69) is 20.8 Å². The van der Waals surface area contributed by atoms with Crippen molar-refractivity contribution < 1.29 is 35.8 Å². The van der Waals surface area contributed by atoms with Crippen LogP contribution in [0.2, 0.25) is 0 Å². The van der Waals surface area contributed by atoms with Crippen LogP contribution >= 0.6 is 0 Å². The Bertz CT molecular complexity index is 465. The molecule has 4 atom stereocenters. The highest BCUT2D eigenvalue weighted by atomic mass is 19.4. The Labute approximate surface area is 163 Å². The molecule has 166 valence electrons. The van der Waals surface area contributed by atoms with E-state index in [9.17, 15) is 26.3 Å². The van der Waals surface area contributed by atoms with Crippen LogP contribution < -0.4 is 0 Å². The van der Waals surface area contributed by atoms with Gasteiger partial charge in [0.25, 0.3) is 5.60 Å². The Morgan fingerprint density at radius 3 is 1.89 bits per heavy atom. The predicted octanol–water partition coefficient (Wildman–Crippen LogP) is 6.88. The van der Waals surface area contributed by atoms with Crippen molar-refractivity contribution in [3.8, 4) is 0 Å². The van der Waals surface area contributed by atoms with Crippen molar-refractivity contribution in [1.29, 1.82) is 0 Å². The highest BCUT2D eigenvalue weighted by Crippen LogP contribution is 2.57. The molecule has 28 heavy (non-hydrogen) atoms. The van der Waals surface area contributed by atoms with E-state index in [1.54, 1.807) is 0 Å². The van der Waals surface area contributed by atoms with Crippen molar-refractivity contribution in [3.63, 3.8) is 0 Å². The van der Waals surface area contributed by atoms with Crippen LogP contribution in [-0.2, 0) is 9.47 Å². The number of hydrogen-bond donors (Lipinski definition) is 0. The lowest BCUT2D eigenvalue weighted by Gasteiger charge is -2.42. The van der Waals surface area contributed by atoms with Gasteiger partial charge in [-0.1, -0.05) is 27.2 Å². The van der Waals surface area contributed by atoms with Gasteiger partial charge in [0.2, 0.25) is 0 Å². The number of alkyl halides is 6. The van der Waals surface area contributed by atoms with Gasteiger partial charge in [0.05, 0.1) is 0 Å². The van der Waals surface area contributed by atoms with Crippen LogP contribution in [0.15, 0.2) is 0 Å². The first-order valence-corrected chi connectivity index (χ1v) is 10.3. The maximum atomic E-state index is 13.6. The first-order chi connectivity index (χ1) is 12.9. The summed E-state index contributed by atoms with van der Waals surface area (Å²) in [5.74, 6) is 0.468. The van der Waals surface area contributed by atoms with Crippen LogP contribution in [0, 0.1) is 23.7 Å². The van der Waals surface area contributed by atoms with Crippen LogP contribution in [0.25, 0.3) is 0 Å². The minimum Gasteiger partial charge on any atom is -0.353 e. The second-order valence-electron chi connectivity index (χ2n) is 9.11. The van der Waals surface area contributed by atoms with Gasteiger partial charge in [-0.3, -0.25) is 0 Å². The fourth-order valence-electron chi connectivity index (χ4n) is 4.60. The van der Waals surface area contributed by atoms with Gasteiger partial charge in [0.1, 0.15) is 0 Å². The molecular weight excluding hydrogens is 386 g/mol. The van der Waals surface area contributed by atoms with Crippen LogP contribution in [0.1, 0.15) is 72.1 Å². The van der Waals surface area contributed by atoms with Crippen LogP contribution in [-0.4, -0.2) is 30.9 Å². The average Bonchev–Trinajstić information content (AvgIpc) is 3.15. The molecule has 0 aromatic rings. The molecule has 1 saturated heterocycles. The van der Waals surface area contributed by atoms with Crippen molar-refractivity contribution in [1.82, 2.24) is 0 Å². The number of rotatable bonds is 4. The molecule has 2 saturated carbocycles. The van der Waals surface area contributed by atoms with E-state index in [0.29, 0.717) is 19.3 Å². The third-order valence-corrected chi connectivity index (χ3v) is 5.82. The lowest BCUT2D eigenvalue weighted by Crippen LogP contribution is -2.61. The molecule has 1 aliphatic heterocycles. The van der Waals surface area contributed by atoms with E-state index in [-0.39, 0.29) is 24.9 Å². The summed E-state index contributed by atoms with van der Waals surface area (Å²) >= 11 is 0. The van der Waals surface area contributed by atoms with Gasteiger partial charge in [0.15, 0.2) is 6.29 Å². The molecule has 0 radical (unpaired) electrons. The Kier molecular flexibility index (Phi) is 7.73. The minimum absolute atomic E-state index is 0.0463. The summed E-state index contributed by atoms with van der Waals surface area (Å²) in [4.78, 5) is 0. The zero-order chi connectivity index (χ0) is 21.2. The number of ether oxygens (including phenoxy) is 2. The molecule has 3 rings (SSSR count). The Hall–Kier alpha value is -0.500. The summed E-state index contributed by atoms with van der Waals surface area (Å²) in [5, 5.41) is 0. The Morgan fingerprint density at radius 2 is 1.50 bits per heavy atom. The molecule has 0 aromatic heterocycles. The minimum atomic E-state index is -5.52. The van der Waals surface area contributed by atoms with Gasteiger partial charge in [-0.2, -0.15) is 26.3 Å². The molecule has 2 aliphatic carbocycles. The summed E-state index contributed by atoms with van der Waals surface area (Å²) in [6.45, 7) is 6.63. The Morgan fingerprint density at radius 1 is 0.893 bits per heavy atom. The first-order valence-electron chi connectivity index (χ1n) is 10.3. The van der Waals surface area contributed by atoms with Gasteiger partial charge in [-0.15, -0.1) is 0 Å². The first kappa shape index (κ1) is 23.8. The van der Waals surface area contributed by atoms with Gasteiger partial charge in [-0.05, 0) is 68.6 Å². The highest BCUT2D eigenvalue weighted by Gasteiger charge is 2.73. The summed E-state index contributed by atoms with van der Waals surface area (Å²) in [6.07, 6.45) is -9.51. The molecule has 0 aromatic carbocycles. The highest BCUT2D eigenvalue weighted by molar-refractivity contribution is 5.02. The normalized spacial score (nSPS) is 31.1. The summed E-state index contributed by atoms with van der Waals surface area (Å²) < 4.78 is 91.5. The molecule has 3 fully saturated rings. The second-order valence-corrected chi connectivity index (χ2v) is 9.11. The lowest BCUT2D eigenvalue weighted by atomic mass is 9.79. The Balaban J connectivity index is 0.000000640. The quantitative estimate of drug-likeness (QED) is 0.463. The topological polar surface area (TPSA) is 18.5 Å². The molecule has 0 spiro atoms. The van der Waals surface area contributed by atoms with Crippen LogP contribution in [0.3, 0.4) is 0 Å². The summed E-state index contributed by atoms with van der Waals surface area (Å²) in [5.41, 5.74) is -4.13. The lowest BCUT2D eigenvalue weighted by molar-refractivity contribution is -0.416. The predicted molar refractivity (Wildman–Crippen MR) is 93.6 cm³/mol. The molecule has 1 heterocycles. The zero-order valence-corrected chi connectivity index (χ0v) is 16.8. The van der Waals surface area contributed by atoms with Gasteiger partial charge in [-0.25, -0.2) is 0 Å². The van der Waals surface area contributed by atoms with Crippen LogP contribution in [0.4, 0.5) is 26.3 Å². The fraction of sp³-hybridized carbons (Fsp3) is 1.00.